The van der Waals surface area contributed by atoms with Crippen molar-refractivity contribution < 1.29 is 33.8 Å². The van der Waals surface area contributed by atoms with Crippen LogP contribution in [0.2, 0.25) is 0 Å². The Labute approximate surface area is 184 Å². The van der Waals surface area contributed by atoms with Crippen LogP contribution in [0, 0.1) is 5.92 Å². The molecular formula is C23H24N2O7. The summed E-state index contributed by atoms with van der Waals surface area (Å²) in [6.07, 6.45) is -1.79. The molecule has 0 radical (unpaired) electrons. The van der Waals surface area contributed by atoms with Gasteiger partial charge in [0, 0.05) is 6.54 Å². The summed E-state index contributed by atoms with van der Waals surface area (Å²) in [4.78, 5) is 49.6. The number of ether oxygens (including phenoxy) is 2. The minimum absolute atomic E-state index is 0.0196. The van der Waals surface area contributed by atoms with Crippen LogP contribution in [0.15, 0.2) is 60.7 Å². The molecule has 9 heteroatoms. The summed E-state index contributed by atoms with van der Waals surface area (Å²) in [7, 11) is 0. The van der Waals surface area contributed by atoms with Gasteiger partial charge in [0.25, 0.3) is 0 Å². The number of aliphatic carboxylic acids is 1. The lowest BCUT2D eigenvalue weighted by atomic mass is 10.0. The number of amides is 3. The Morgan fingerprint density at radius 2 is 1.69 bits per heavy atom. The van der Waals surface area contributed by atoms with Crippen molar-refractivity contribution in [2.45, 2.75) is 25.5 Å². The SMILES string of the molecule is O=C(O)C[C@@H](CNC(=O)OCc1ccccc1)C(=O)N1C(=O)OC[C@H]1Cc1ccccc1. The maximum Gasteiger partial charge on any atom is 0.416 e. The average molecular weight is 440 g/mol. The number of hydrogen-bond donors (Lipinski definition) is 2. The molecule has 1 saturated heterocycles. The maximum absolute atomic E-state index is 13.1. The summed E-state index contributed by atoms with van der Waals surface area (Å²) in [5, 5.41) is 11.6. The highest BCUT2D eigenvalue weighted by molar-refractivity contribution is 5.96. The first-order chi connectivity index (χ1) is 15.4. The second kappa shape index (κ2) is 10.9. The van der Waals surface area contributed by atoms with Gasteiger partial charge in [-0.25, -0.2) is 14.5 Å². The van der Waals surface area contributed by atoms with E-state index in [1.807, 2.05) is 36.4 Å². The van der Waals surface area contributed by atoms with Gasteiger partial charge in [-0.1, -0.05) is 60.7 Å². The molecule has 2 atom stereocenters. The summed E-state index contributed by atoms with van der Waals surface area (Å²) < 4.78 is 10.1. The van der Waals surface area contributed by atoms with E-state index < -0.39 is 42.4 Å². The number of benzene rings is 2. The third-order valence-corrected chi connectivity index (χ3v) is 4.99. The Morgan fingerprint density at radius 1 is 1.06 bits per heavy atom. The number of alkyl carbamates (subject to hydrolysis) is 1. The van der Waals surface area contributed by atoms with E-state index in [9.17, 15) is 24.3 Å². The predicted octanol–water partition coefficient (Wildman–Crippen LogP) is 2.59. The van der Waals surface area contributed by atoms with Gasteiger partial charge in [0.2, 0.25) is 5.91 Å². The number of rotatable bonds is 9. The number of cyclic esters (lactones) is 1. The number of carboxylic acid groups (broad SMARTS) is 1. The van der Waals surface area contributed by atoms with Gasteiger partial charge in [0.15, 0.2) is 0 Å². The van der Waals surface area contributed by atoms with Crippen molar-refractivity contribution in [2.24, 2.45) is 5.92 Å². The van der Waals surface area contributed by atoms with E-state index >= 15 is 0 Å². The van der Waals surface area contributed by atoms with Gasteiger partial charge >= 0.3 is 18.2 Å². The lowest BCUT2D eigenvalue weighted by molar-refractivity contribution is -0.143. The van der Waals surface area contributed by atoms with Crippen molar-refractivity contribution in [1.82, 2.24) is 10.2 Å². The molecule has 0 spiro atoms. The molecule has 1 aliphatic rings. The van der Waals surface area contributed by atoms with Crippen LogP contribution in [-0.4, -0.2) is 53.3 Å². The Bertz CT molecular complexity index is 949. The maximum atomic E-state index is 13.1. The fourth-order valence-corrected chi connectivity index (χ4v) is 3.40. The van der Waals surface area contributed by atoms with Gasteiger partial charge in [-0.05, 0) is 17.5 Å². The van der Waals surface area contributed by atoms with Gasteiger partial charge in [0.1, 0.15) is 13.2 Å². The predicted molar refractivity (Wildman–Crippen MR) is 113 cm³/mol. The Morgan fingerprint density at radius 3 is 2.31 bits per heavy atom. The van der Waals surface area contributed by atoms with E-state index in [1.165, 1.54) is 0 Å². The second-order valence-corrected chi connectivity index (χ2v) is 7.37. The van der Waals surface area contributed by atoms with E-state index in [0.29, 0.717) is 6.42 Å². The van der Waals surface area contributed by atoms with Crippen LogP contribution in [0.4, 0.5) is 9.59 Å². The van der Waals surface area contributed by atoms with Crippen molar-refractivity contribution in [3.8, 4) is 0 Å². The number of carbonyl (C=O) groups excluding carboxylic acids is 3. The fraction of sp³-hybridized carbons (Fsp3) is 0.304. The highest BCUT2D eigenvalue weighted by atomic mass is 16.6. The molecule has 1 aliphatic heterocycles. The molecular weight excluding hydrogens is 416 g/mol. The van der Waals surface area contributed by atoms with Crippen LogP contribution in [0.25, 0.3) is 0 Å². The number of nitrogens with one attached hydrogen (secondary N) is 1. The van der Waals surface area contributed by atoms with Gasteiger partial charge in [0.05, 0.1) is 18.4 Å². The quantitative estimate of drug-likeness (QED) is 0.614. The van der Waals surface area contributed by atoms with E-state index in [-0.39, 0.29) is 19.8 Å². The monoisotopic (exact) mass is 440 g/mol. The molecule has 2 N–H and O–H groups in total. The van der Waals surface area contributed by atoms with Gasteiger partial charge in [-0.3, -0.25) is 9.59 Å². The molecule has 3 amide bonds. The Balaban J connectivity index is 1.61. The highest BCUT2D eigenvalue weighted by Crippen LogP contribution is 2.21. The Kier molecular flexibility index (Phi) is 7.80. The number of carboxylic acids is 1. The summed E-state index contributed by atoms with van der Waals surface area (Å²) in [5.41, 5.74) is 1.69. The van der Waals surface area contributed by atoms with Crippen LogP contribution in [0.5, 0.6) is 0 Å². The summed E-state index contributed by atoms with van der Waals surface area (Å²) in [6, 6.07) is 17.7. The molecule has 9 nitrogen and oxygen atoms in total. The third-order valence-electron chi connectivity index (χ3n) is 4.99. The van der Waals surface area contributed by atoms with Crippen molar-refractivity contribution >= 4 is 24.1 Å². The molecule has 0 aliphatic carbocycles. The minimum Gasteiger partial charge on any atom is -0.481 e. The number of nitrogens with zero attached hydrogens (tertiary/aromatic N) is 1. The molecule has 3 rings (SSSR count). The third kappa shape index (κ3) is 6.31. The number of hydrogen-bond acceptors (Lipinski definition) is 6. The van der Waals surface area contributed by atoms with E-state index in [0.717, 1.165) is 16.0 Å². The first-order valence-corrected chi connectivity index (χ1v) is 10.1. The minimum atomic E-state index is -1.23. The van der Waals surface area contributed by atoms with Crippen molar-refractivity contribution in [1.29, 1.82) is 0 Å². The van der Waals surface area contributed by atoms with Crippen LogP contribution in [-0.2, 0) is 32.1 Å². The van der Waals surface area contributed by atoms with Crippen molar-refractivity contribution in [2.75, 3.05) is 13.2 Å². The lowest BCUT2D eigenvalue weighted by Crippen LogP contribution is -2.47. The topological polar surface area (TPSA) is 122 Å². The van der Waals surface area contributed by atoms with Crippen LogP contribution in [0.1, 0.15) is 17.5 Å². The van der Waals surface area contributed by atoms with E-state index in [2.05, 4.69) is 5.32 Å². The normalized spacial score (nSPS) is 16.2. The molecule has 2 aromatic rings. The Hall–Kier alpha value is -3.88. The number of carbonyl (C=O) groups is 4. The molecule has 2 aromatic carbocycles. The van der Waals surface area contributed by atoms with E-state index in [1.54, 1.807) is 24.3 Å². The molecule has 0 bridgehead atoms. The largest absolute Gasteiger partial charge is 0.481 e. The summed E-state index contributed by atoms with van der Waals surface area (Å²) >= 11 is 0. The van der Waals surface area contributed by atoms with Crippen LogP contribution < -0.4 is 5.32 Å². The van der Waals surface area contributed by atoms with Gasteiger partial charge in [-0.15, -0.1) is 0 Å². The lowest BCUT2D eigenvalue weighted by Gasteiger charge is -2.24. The van der Waals surface area contributed by atoms with Crippen LogP contribution in [0.3, 0.4) is 0 Å². The van der Waals surface area contributed by atoms with Gasteiger partial charge < -0.3 is 19.9 Å². The zero-order valence-corrected chi connectivity index (χ0v) is 17.3. The smallest absolute Gasteiger partial charge is 0.416 e. The zero-order chi connectivity index (χ0) is 22.9. The van der Waals surface area contributed by atoms with Crippen molar-refractivity contribution in [3.05, 3.63) is 71.8 Å². The standard InChI is InChI=1S/C23H24N2O7/c26-20(27)12-18(13-24-22(29)31-14-17-9-5-2-6-10-17)21(28)25-19(15-32-23(25)30)11-16-7-3-1-4-8-16/h1-10,18-19H,11-15H2,(H,24,29)(H,26,27)/t18-,19+/m0/s1. The molecule has 168 valence electrons. The number of imide groups is 1. The first kappa shape index (κ1) is 22.8. The molecule has 0 unspecified atom stereocenters. The molecule has 1 heterocycles. The fourth-order valence-electron chi connectivity index (χ4n) is 3.40. The molecule has 32 heavy (non-hydrogen) atoms. The van der Waals surface area contributed by atoms with Crippen molar-refractivity contribution in [3.63, 3.8) is 0 Å². The molecule has 0 saturated carbocycles. The van der Waals surface area contributed by atoms with Gasteiger partial charge in [-0.2, -0.15) is 0 Å². The summed E-state index contributed by atoms with van der Waals surface area (Å²) in [6.45, 7) is -0.242. The summed E-state index contributed by atoms with van der Waals surface area (Å²) in [5.74, 6) is -3.09. The van der Waals surface area contributed by atoms with Crippen LogP contribution >= 0.6 is 0 Å². The second-order valence-electron chi connectivity index (χ2n) is 7.37. The first-order valence-electron chi connectivity index (χ1n) is 10.1. The average Bonchev–Trinajstić information content (AvgIpc) is 3.15. The highest BCUT2D eigenvalue weighted by Gasteiger charge is 2.41. The van der Waals surface area contributed by atoms with E-state index in [4.69, 9.17) is 9.47 Å². The molecule has 0 aromatic heterocycles. The molecule has 1 fully saturated rings. The zero-order valence-electron chi connectivity index (χ0n) is 17.3.